The maximum Gasteiger partial charge on any atom is 0.258 e. The van der Waals surface area contributed by atoms with Crippen LogP contribution in [-0.2, 0) is 11.2 Å². The molecule has 7 nitrogen and oxygen atoms in total. The number of rotatable bonds is 7. The maximum absolute atomic E-state index is 12.5. The highest BCUT2D eigenvalue weighted by Gasteiger charge is 2.58. The fourth-order valence-corrected chi connectivity index (χ4v) is 5.10. The number of nitrogens with zero attached hydrogens (tertiary/aromatic N) is 4. The zero-order chi connectivity index (χ0) is 24.3. The second-order valence-electron chi connectivity index (χ2n) is 11.1. The minimum Gasteiger partial charge on any atom is -0.381 e. The molecule has 0 amide bonds. The Balaban J connectivity index is 1.57. The van der Waals surface area contributed by atoms with Crippen LogP contribution < -0.4 is 0 Å². The lowest BCUT2D eigenvalue weighted by atomic mass is 9.61. The van der Waals surface area contributed by atoms with Gasteiger partial charge in [0.15, 0.2) is 0 Å². The van der Waals surface area contributed by atoms with Crippen molar-refractivity contribution in [1.82, 2.24) is 20.0 Å². The lowest BCUT2D eigenvalue weighted by molar-refractivity contribution is -0.138. The Labute approximate surface area is 200 Å². The number of pyridine rings is 1. The molecule has 3 aromatic rings. The van der Waals surface area contributed by atoms with Gasteiger partial charge < -0.3 is 14.7 Å². The SMILES string of the molecule is CC(C)c1ccc([C@](O)(c2cncc(-c3noc(C(C)(C)O)n3)c2)C2(C)CN(C3CC3)C2)cc1. The molecule has 1 saturated heterocycles. The van der Waals surface area contributed by atoms with Gasteiger partial charge in [0, 0.05) is 48.1 Å². The van der Waals surface area contributed by atoms with Gasteiger partial charge in [0.05, 0.1) is 0 Å². The minimum absolute atomic E-state index is 0.137. The van der Waals surface area contributed by atoms with Gasteiger partial charge in [-0.15, -0.1) is 0 Å². The predicted octanol–water partition coefficient (Wildman–Crippen LogP) is 4.20. The van der Waals surface area contributed by atoms with Crippen LogP contribution in [0.4, 0.5) is 0 Å². The van der Waals surface area contributed by atoms with Crippen LogP contribution in [0.25, 0.3) is 11.4 Å². The summed E-state index contributed by atoms with van der Waals surface area (Å²) in [6.07, 6.45) is 5.89. The van der Waals surface area contributed by atoms with Gasteiger partial charge in [-0.05, 0) is 49.8 Å². The van der Waals surface area contributed by atoms with Crippen molar-refractivity contribution in [3.63, 3.8) is 0 Å². The van der Waals surface area contributed by atoms with E-state index in [1.54, 1.807) is 26.2 Å². The van der Waals surface area contributed by atoms with E-state index in [1.165, 1.54) is 18.4 Å². The van der Waals surface area contributed by atoms with Gasteiger partial charge in [0.1, 0.15) is 11.2 Å². The van der Waals surface area contributed by atoms with E-state index in [9.17, 15) is 10.2 Å². The summed E-state index contributed by atoms with van der Waals surface area (Å²) < 4.78 is 5.27. The lowest BCUT2D eigenvalue weighted by Crippen LogP contribution is -2.65. The lowest BCUT2D eigenvalue weighted by Gasteiger charge is -2.57. The van der Waals surface area contributed by atoms with Crippen LogP contribution in [0.3, 0.4) is 0 Å². The molecule has 1 aromatic carbocycles. The third-order valence-electron chi connectivity index (χ3n) is 7.40. The van der Waals surface area contributed by atoms with Crippen molar-refractivity contribution in [2.75, 3.05) is 13.1 Å². The average Bonchev–Trinajstić information content (AvgIpc) is 3.49. The van der Waals surface area contributed by atoms with Gasteiger partial charge in [0.25, 0.3) is 5.89 Å². The highest BCUT2D eigenvalue weighted by molar-refractivity contribution is 5.56. The molecule has 2 N–H and O–H groups in total. The Hall–Kier alpha value is -2.61. The van der Waals surface area contributed by atoms with Crippen LogP contribution in [0.15, 0.2) is 47.2 Å². The van der Waals surface area contributed by atoms with Gasteiger partial charge in [-0.1, -0.05) is 50.2 Å². The molecule has 0 bridgehead atoms. The fourth-order valence-electron chi connectivity index (χ4n) is 5.10. The maximum atomic E-state index is 12.5. The molecular weight excluding hydrogens is 428 g/mol. The van der Waals surface area contributed by atoms with E-state index in [0.29, 0.717) is 28.9 Å². The summed E-state index contributed by atoms with van der Waals surface area (Å²) in [4.78, 5) is 11.3. The molecular formula is C27H34N4O3. The van der Waals surface area contributed by atoms with E-state index in [4.69, 9.17) is 4.52 Å². The Kier molecular flexibility index (Phi) is 5.43. The van der Waals surface area contributed by atoms with E-state index >= 15 is 0 Å². The first-order valence-corrected chi connectivity index (χ1v) is 12.1. The highest BCUT2D eigenvalue weighted by atomic mass is 16.5. The average molecular weight is 463 g/mol. The quantitative estimate of drug-likeness (QED) is 0.543. The molecule has 2 fully saturated rings. The molecule has 0 spiro atoms. The number of aromatic nitrogens is 3. The summed E-state index contributed by atoms with van der Waals surface area (Å²) in [6.45, 7) is 11.4. The molecule has 2 aromatic heterocycles. The first kappa shape index (κ1) is 23.1. The third kappa shape index (κ3) is 3.85. The van der Waals surface area contributed by atoms with Gasteiger partial charge >= 0.3 is 0 Å². The van der Waals surface area contributed by atoms with Crippen molar-refractivity contribution >= 4 is 0 Å². The summed E-state index contributed by atoms with van der Waals surface area (Å²) in [5.74, 6) is 0.890. The summed E-state index contributed by atoms with van der Waals surface area (Å²) >= 11 is 0. The van der Waals surface area contributed by atoms with Gasteiger partial charge in [-0.25, -0.2) is 0 Å². The van der Waals surface area contributed by atoms with E-state index in [0.717, 1.165) is 18.7 Å². The predicted molar refractivity (Wildman–Crippen MR) is 129 cm³/mol. The molecule has 5 rings (SSSR count). The number of hydrogen-bond donors (Lipinski definition) is 2. The normalized spacial score (nSPS) is 20.2. The second-order valence-corrected chi connectivity index (χ2v) is 11.1. The van der Waals surface area contributed by atoms with Gasteiger partial charge in [-0.3, -0.25) is 9.88 Å². The molecule has 2 aliphatic rings. The number of likely N-dealkylation sites (tertiary alicyclic amines) is 1. The zero-order valence-corrected chi connectivity index (χ0v) is 20.6. The van der Waals surface area contributed by atoms with E-state index < -0.39 is 11.2 Å². The first-order valence-electron chi connectivity index (χ1n) is 12.1. The molecule has 0 radical (unpaired) electrons. The van der Waals surface area contributed by atoms with Crippen LogP contribution in [0.2, 0.25) is 0 Å². The van der Waals surface area contributed by atoms with Crippen molar-refractivity contribution in [1.29, 1.82) is 0 Å². The molecule has 180 valence electrons. The van der Waals surface area contributed by atoms with Crippen molar-refractivity contribution in [3.8, 4) is 11.4 Å². The van der Waals surface area contributed by atoms with E-state index in [-0.39, 0.29) is 11.3 Å². The molecule has 1 saturated carbocycles. The van der Waals surface area contributed by atoms with Crippen molar-refractivity contribution < 1.29 is 14.7 Å². The molecule has 0 unspecified atom stereocenters. The summed E-state index contributed by atoms with van der Waals surface area (Å²) in [5.41, 5.74) is 0.595. The largest absolute Gasteiger partial charge is 0.381 e. The van der Waals surface area contributed by atoms with Gasteiger partial charge in [-0.2, -0.15) is 4.98 Å². The topological polar surface area (TPSA) is 95.5 Å². The number of aliphatic hydroxyl groups is 2. The van der Waals surface area contributed by atoms with Crippen LogP contribution >= 0.6 is 0 Å². The third-order valence-corrected chi connectivity index (χ3v) is 7.40. The zero-order valence-electron chi connectivity index (χ0n) is 20.6. The van der Waals surface area contributed by atoms with Crippen molar-refractivity contribution in [2.24, 2.45) is 5.41 Å². The Bertz CT molecular complexity index is 1170. The van der Waals surface area contributed by atoms with Crippen LogP contribution in [0.1, 0.15) is 76.0 Å². The van der Waals surface area contributed by atoms with Crippen LogP contribution in [0.5, 0.6) is 0 Å². The smallest absolute Gasteiger partial charge is 0.258 e. The number of benzene rings is 1. The Morgan fingerprint density at radius 1 is 1.06 bits per heavy atom. The van der Waals surface area contributed by atoms with E-state index in [2.05, 4.69) is 52.9 Å². The van der Waals surface area contributed by atoms with Crippen molar-refractivity contribution in [2.45, 2.75) is 70.6 Å². The second kappa shape index (κ2) is 7.97. The van der Waals surface area contributed by atoms with Crippen LogP contribution in [0, 0.1) is 5.41 Å². The van der Waals surface area contributed by atoms with Crippen LogP contribution in [-0.4, -0.2) is 49.4 Å². The molecule has 7 heteroatoms. The number of hydrogen-bond acceptors (Lipinski definition) is 7. The molecule has 1 atom stereocenters. The van der Waals surface area contributed by atoms with E-state index in [1.807, 2.05) is 18.2 Å². The summed E-state index contributed by atoms with van der Waals surface area (Å²) in [5, 5.41) is 26.8. The standard InChI is InChI=1S/C27H34N4O3/c1-17(2)18-6-8-20(9-7-18)27(33,26(5)15-31(16-26)22-10-11-22)21-12-19(13-28-14-21)23-29-24(34-30-23)25(3,4)32/h6-9,12-14,17,22,32-33H,10-11,15-16H2,1-5H3/t27-/m0/s1. The minimum atomic E-state index is -1.24. The highest BCUT2D eigenvalue weighted by Crippen LogP contribution is 2.53. The van der Waals surface area contributed by atoms with Gasteiger partial charge in [0.2, 0.25) is 5.82 Å². The monoisotopic (exact) mass is 462 g/mol. The summed E-state index contributed by atoms with van der Waals surface area (Å²) in [6, 6.07) is 10.9. The molecule has 1 aliphatic carbocycles. The molecule has 34 heavy (non-hydrogen) atoms. The summed E-state index contributed by atoms with van der Waals surface area (Å²) in [7, 11) is 0. The Morgan fingerprint density at radius 3 is 2.29 bits per heavy atom. The fraction of sp³-hybridized carbons (Fsp3) is 0.519. The molecule has 1 aliphatic heterocycles. The Morgan fingerprint density at radius 2 is 1.74 bits per heavy atom. The van der Waals surface area contributed by atoms with Crippen molar-refractivity contribution in [3.05, 3.63) is 65.3 Å². The molecule has 3 heterocycles. The first-order chi connectivity index (χ1) is 16.0.